The number of hydrogen-bond acceptors (Lipinski definition) is 8. The first-order valence-electron chi connectivity index (χ1n) is 33.8. The number of likely N-dealkylation sites (N-methyl/N-ethyl adjacent to an activating group) is 3. The molecule has 0 radical (unpaired) electrons. The van der Waals surface area contributed by atoms with Crippen molar-refractivity contribution in [2.24, 2.45) is 11.7 Å². The van der Waals surface area contributed by atoms with Crippen molar-refractivity contribution in [1.82, 2.24) is 36.0 Å². The van der Waals surface area contributed by atoms with Gasteiger partial charge in [0.2, 0.25) is 29.5 Å². The van der Waals surface area contributed by atoms with Gasteiger partial charge in [-0.15, -0.1) is 0 Å². The Balaban J connectivity index is 0.000000189. The summed E-state index contributed by atoms with van der Waals surface area (Å²) >= 11 is 6.21. The van der Waals surface area contributed by atoms with Gasteiger partial charge in [0, 0.05) is 65.3 Å². The largest absolute Gasteiger partial charge is 0.369 e. The number of hydrogen-bond donors (Lipinski definition) is 5. The van der Waals surface area contributed by atoms with E-state index in [0.29, 0.717) is 0 Å². The molecule has 3 aliphatic rings. The maximum absolute atomic E-state index is 12.7. The van der Waals surface area contributed by atoms with Crippen LogP contribution in [0.5, 0.6) is 0 Å². The van der Waals surface area contributed by atoms with Gasteiger partial charge >= 0.3 is 0 Å². The second-order valence-electron chi connectivity index (χ2n) is 27.6. The normalized spacial score (nSPS) is 21.9. The minimum Gasteiger partial charge on any atom is -0.369 e. The third-order valence-electron chi connectivity index (χ3n) is 20.6. The molecule has 2 unspecified atom stereocenters. The molecule has 3 aliphatic carbocycles. The number of aryl methyl sites for hydroxylation is 1. The molecule has 10 rings (SSSR count). The maximum atomic E-state index is 12.7. The van der Waals surface area contributed by atoms with E-state index in [1.807, 2.05) is 74.5 Å². The number of nitrogens with two attached hydrogens (primary N) is 1. The molecule has 0 spiro atoms. The molecule has 7 aromatic carbocycles. The van der Waals surface area contributed by atoms with E-state index in [2.05, 4.69) is 188 Å². The third kappa shape index (κ3) is 20.1. The van der Waals surface area contributed by atoms with Crippen LogP contribution in [0.2, 0.25) is 5.02 Å². The Labute approximate surface area is 559 Å². The number of amides is 5. The van der Waals surface area contributed by atoms with Crippen molar-refractivity contribution in [2.45, 2.75) is 184 Å². The molecule has 6 N–H and O–H groups in total. The number of primary amides is 1. The van der Waals surface area contributed by atoms with Crippen LogP contribution in [0.25, 0.3) is 21.5 Å². The molecule has 0 aromatic heterocycles. The fraction of sp³-hybridized carbons (Fsp3) is 0.456. The summed E-state index contributed by atoms with van der Waals surface area (Å²) in [6.07, 6.45) is 15.6. The fourth-order valence-corrected chi connectivity index (χ4v) is 14.9. The third-order valence-corrected chi connectivity index (χ3v) is 20.9. The summed E-state index contributed by atoms with van der Waals surface area (Å²) < 4.78 is 0. The van der Waals surface area contributed by atoms with Gasteiger partial charge in [-0.2, -0.15) is 0 Å². The number of benzene rings is 7. The SMILES string of the molecule is CC(NC(=O)CCC(=O)NC1CCC(Cc2cccc(Cl)c2)(N(C)C)CC1)c1cccc2ccccc12.CN(C)C1(Cc2ccccc2)CCC(C(N)=O)CC1.Cc1cccc(CC2(N(C)C)CCC(NC(=O)CCC(=O)NC(C)c3cccc4ccccc34)CC2)c1. The second-order valence-corrected chi connectivity index (χ2v) is 28.0. The average molecular weight is 1280 g/mol. The van der Waals surface area contributed by atoms with Crippen LogP contribution in [0.4, 0.5) is 0 Å². The molecule has 3 saturated carbocycles. The standard InChI is InChI=1S/C32H41N3O2.C31H38ClN3O2.C16H24N2O/c1-23-9-7-10-25(21-23)22-32(35(3)4)19-17-27(18-20-32)34-31(37)16-15-30(36)33-24(2)28-14-8-12-26-11-5-6-13-29(26)28;1-22(27-13-7-10-24-9-4-5-12-28(24)27)33-29(36)14-15-30(37)34-26-16-18-31(19-17-26,35(2)3)21-23-8-6-11-25(32)20-23;1-18(2)16(12-13-6-4-3-5-7-13)10-8-14(9-11-16)15(17)19/h5-14,21,24,27H,15-20,22H2,1-4H3,(H,33,36)(H,34,37);4-13,20,22,26H,14-19,21H2,1-3H3,(H,33,36)(H,34,37);3-7,14H,8-12H2,1-2H3,(H2,17,19). The predicted molar refractivity (Wildman–Crippen MR) is 381 cm³/mol. The summed E-state index contributed by atoms with van der Waals surface area (Å²) in [4.78, 5) is 68.9. The summed E-state index contributed by atoms with van der Waals surface area (Å²) in [6.45, 7) is 6.13. The maximum Gasteiger partial charge on any atom is 0.220 e. The number of fused-ring (bicyclic) bond motifs is 2. The van der Waals surface area contributed by atoms with Crippen molar-refractivity contribution in [1.29, 1.82) is 0 Å². The molecule has 13 nitrogen and oxygen atoms in total. The van der Waals surface area contributed by atoms with Crippen molar-refractivity contribution in [3.8, 4) is 0 Å². The molecule has 0 bridgehead atoms. The molecule has 2 atom stereocenters. The number of carbonyl (C=O) groups excluding carboxylic acids is 5. The smallest absolute Gasteiger partial charge is 0.220 e. The van der Waals surface area contributed by atoms with E-state index in [4.69, 9.17) is 17.3 Å². The summed E-state index contributed by atoms with van der Waals surface area (Å²) in [6, 6.07) is 56.2. The molecular formula is C79H103ClN8O5. The van der Waals surface area contributed by atoms with Gasteiger partial charge in [-0.25, -0.2) is 0 Å². The van der Waals surface area contributed by atoms with Gasteiger partial charge < -0.3 is 41.7 Å². The van der Waals surface area contributed by atoms with E-state index in [1.165, 1.54) is 22.3 Å². The molecule has 93 heavy (non-hydrogen) atoms. The van der Waals surface area contributed by atoms with Crippen LogP contribution in [0.1, 0.15) is 162 Å². The fourth-order valence-electron chi connectivity index (χ4n) is 14.7. The molecule has 7 aromatic rings. The van der Waals surface area contributed by atoms with Crippen molar-refractivity contribution in [2.75, 3.05) is 42.3 Å². The minimum absolute atomic E-state index is 0.0333. The van der Waals surface area contributed by atoms with Crippen LogP contribution in [0.15, 0.2) is 164 Å². The summed E-state index contributed by atoms with van der Waals surface area (Å²) in [7, 11) is 12.9. The van der Waals surface area contributed by atoms with E-state index >= 15 is 0 Å². The first-order chi connectivity index (χ1) is 44.5. The summed E-state index contributed by atoms with van der Waals surface area (Å²) in [5.41, 5.74) is 13.2. The molecule has 3 fully saturated rings. The minimum atomic E-state index is -0.132. The number of carbonyl (C=O) groups is 5. The number of nitrogens with zero attached hydrogens (tertiary/aromatic N) is 3. The lowest BCUT2D eigenvalue weighted by atomic mass is 9.72. The van der Waals surface area contributed by atoms with E-state index in [1.54, 1.807) is 0 Å². The molecule has 14 heteroatoms. The van der Waals surface area contributed by atoms with Gasteiger partial charge in [0.15, 0.2) is 0 Å². The Kier molecular flexibility index (Phi) is 25.8. The van der Waals surface area contributed by atoms with Gasteiger partial charge in [0.1, 0.15) is 0 Å². The molecule has 0 aliphatic heterocycles. The second kappa shape index (κ2) is 33.6. The van der Waals surface area contributed by atoms with Gasteiger partial charge in [-0.1, -0.05) is 169 Å². The number of rotatable bonds is 22. The highest BCUT2D eigenvalue weighted by atomic mass is 35.5. The summed E-state index contributed by atoms with van der Waals surface area (Å²) in [5, 5.41) is 17.9. The van der Waals surface area contributed by atoms with E-state index in [-0.39, 0.29) is 102 Å². The molecule has 5 amide bonds. The first-order valence-corrected chi connectivity index (χ1v) is 34.2. The van der Waals surface area contributed by atoms with Gasteiger partial charge in [0.05, 0.1) is 12.1 Å². The van der Waals surface area contributed by atoms with E-state index in [9.17, 15) is 24.0 Å². The van der Waals surface area contributed by atoms with Crippen molar-refractivity contribution in [3.63, 3.8) is 0 Å². The van der Waals surface area contributed by atoms with Gasteiger partial charge in [-0.3, -0.25) is 24.0 Å². The Morgan fingerprint density at radius 3 is 1.23 bits per heavy atom. The quantitative estimate of drug-likeness (QED) is 0.0447. The predicted octanol–water partition coefficient (Wildman–Crippen LogP) is 14.0. The lowest BCUT2D eigenvalue weighted by molar-refractivity contribution is -0.127. The highest BCUT2D eigenvalue weighted by Crippen LogP contribution is 2.40. The van der Waals surface area contributed by atoms with Gasteiger partial charge in [0.25, 0.3) is 0 Å². The van der Waals surface area contributed by atoms with Crippen LogP contribution >= 0.6 is 11.6 Å². The zero-order chi connectivity index (χ0) is 66.7. The van der Waals surface area contributed by atoms with Crippen LogP contribution in [0.3, 0.4) is 0 Å². The molecule has 496 valence electrons. The average Bonchev–Trinajstić information content (AvgIpc) is 0.878. The van der Waals surface area contributed by atoms with E-state index in [0.717, 1.165) is 134 Å². The van der Waals surface area contributed by atoms with Crippen molar-refractivity contribution < 1.29 is 24.0 Å². The lowest BCUT2D eigenvalue weighted by Gasteiger charge is -2.45. The monoisotopic (exact) mass is 1280 g/mol. The lowest BCUT2D eigenvalue weighted by Crippen LogP contribution is -2.52. The van der Waals surface area contributed by atoms with Crippen LogP contribution in [-0.2, 0) is 43.2 Å². The summed E-state index contributed by atoms with van der Waals surface area (Å²) in [5.74, 6) is -0.341. The van der Waals surface area contributed by atoms with Crippen LogP contribution in [-0.4, -0.2) is 115 Å². The van der Waals surface area contributed by atoms with Gasteiger partial charge in [-0.05, 0) is 221 Å². The molecule has 0 saturated heterocycles. The van der Waals surface area contributed by atoms with Crippen LogP contribution in [0, 0.1) is 12.8 Å². The van der Waals surface area contributed by atoms with E-state index < -0.39 is 0 Å². The zero-order valence-corrected chi connectivity index (χ0v) is 57.5. The number of halogens is 1. The highest BCUT2D eigenvalue weighted by Gasteiger charge is 2.41. The topological polar surface area (TPSA) is 169 Å². The first kappa shape index (κ1) is 71.4. The zero-order valence-electron chi connectivity index (χ0n) is 56.7. The number of nitrogens with one attached hydrogen (secondary N) is 4. The molecular weight excluding hydrogens is 1180 g/mol. The van der Waals surface area contributed by atoms with Crippen molar-refractivity contribution >= 4 is 62.7 Å². The Hall–Kier alpha value is -7.42. The van der Waals surface area contributed by atoms with Crippen molar-refractivity contribution in [3.05, 3.63) is 202 Å². The molecule has 0 heterocycles. The van der Waals surface area contributed by atoms with Crippen LogP contribution < -0.4 is 27.0 Å². The Bertz CT molecular complexity index is 3380. The Morgan fingerprint density at radius 2 is 0.806 bits per heavy atom. The Morgan fingerprint density at radius 1 is 0.452 bits per heavy atom. The highest BCUT2D eigenvalue weighted by molar-refractivity contribution is 6.30.